The number of carbonyl (C=O) groups is 3. The number of fused-ring (bicyclic) bond motifs is 1. The fraction of sp³-hybridized carbons (Fsp3) is 0.800. The highest BCUT2D eigenvalue weighted by Crippen LogP contribution is 2.66. The molecule has 2 fully saturated rings. The summed E-state index contributed by atoms with van der Waals surface area (Å²) in [5.41, 5.74) is -2.02. The second kappa shape index (κ2) is 9.59. The summed E-state index contributed by atoms with van der Waals surface area (Å²) in [5.74, 6) is -1.10. The van der Waals surface area contributed by atoms with Crippen LogP contribution in [0.4, 0.5) is 0 Å². The molecular formula is C25H38O9. The van der Waals surface area contributed by atoms with E-state index in [0.717, 1.165) is 5.57 Å². The topological polar surface area (TPSA) is 121 Å². The van der Waals surface area contributed by atoms with Gasteiger partial charge in [-0.25, -0.2) is 0 Å². The number of hydrogen-bond donors (Lipinski definition) is 1. The Morgan fingerprint density at radius 1 is 1.15 bits per heavy atom. The Bertz CT molecular complexity index is 843. The molecule has 3 rings (SSSR count). The second-order valence-electron chi connectivity index (χ2n) is 10.6. The van der Waals surface area contributed by atoms with Crippen molar-refractivity contribution in [3.63, 3.8) is 0 Å². The van der Waals surface area contributed by atoms with E-state index in [-0.39, 0.29) is 44.5 Å². The first-order valence-electron chi connectivity index (χ1n) is 11.9. The minimum absolute atomic E-state index is 0.0355. The van der Waals surface area contributed by atoms with Crippen LogP contribution in [0.5, 0.6) is 0 Å². The van der Waals surface area contributed by atoms with Crippen LogP contribution in [0.1, 0.15) is 61.3 Å². The Morgan fingerprint density at radius 2 is 1.74 bits per heavy atom. The van der Waals surface area contributed by atoms with Crippen molar-refractivity contribution in [2.45, 2.75) is 91.3 Å². The smallest absolute Gasteiger partial charge is 0.306 e. The zero-order valence-electron chi connectivity index (χ0n) is 21.2. The summed E-state index contributed by atoms with van der Waals surface area (Å²) in [4.78, 5) is 36.3. The summed E-state index contributed by atoms with van der Waals surface area (Å²) in [6, 6.07) is 0. The zero-order chi connectivity index (χ0) is 25.5. The van der Waals surface area contributed by atoms with Crippen LogP contribution in [0, 0.1) is 16.7 Å². The molecule has 192 valence electrons. The molecule has 1 spiro atoms. The van der Waals surface area contributed by atoms with E-state index in [4.69, 9.17) is 23.7 Å². The number of hydrogen-bond acceptors (Lipinski definition) is 9. The molecule has 2 heterocycles. The number of carbonyl (C=O) groups excluding carboxylic acids is 3. The van der Waals surface area contributed by atoms with E-state index in [1.165, 1.54) is 13.8 Å². The molecule has 0 aromatic rings. The van der Waals surface area contributed by atoms with Crippen LogP contribution in [0.3, 0.4) is 0 Å². The maximum Gasteiger partial charge on any atom is 0.306 e. The molecule has 3 aliphatic rings. The summed E-state index contributed by atoms with van der Waals surface area (Å²) < 4.78 is 29.4. The Morgan fingerprint density at radius 3 is 2.24 bits per heavy atom. The van der Waals surface area contributed by atoms with E-state index >= 15 is 0 Å². The highest BCUT2D eigenvalue weighted by Gasteiger charge is 2.78. The van der Waals surface area contributed by atoms with Gasteiger partial charge in [0.1, 0.15) is 31.0 Å². The van der Waals surface area contributed by atoms with Crippen molar-refractivity contribution in [1.82, 2.24) is 0 Å². The molecule has 0 radical (unpaired) electrons. The van der Waals surface area contributed by atoms with Gasteiger partial charge in [0.2, 0.25) is 0 Å². The molecule has 2 saturated heterocycles. The van der Waals surface area contributed by atoms with Gasteiger partial charge in [-0.1, -0.05) is 26.8 Å². The van der Waals surface area contributed by atoms with Crippen LogP contribution in [0.2, 0.25) is 0 Å². The third-order valence-electron chi connectivity index (χ3n) is 7.64. The molecular weight excluding hydrogens is 444 g/mol. The van der Waals surface area contributed by atoms with E-state index in [9.17, 15) is 19.5 Å². The van der Waals surface area contributed by atoms with E-state index in [1.807, 2.05) is 33.8 Å². The average Bonchev–Trinajstić information content (AvgIpc) is 3.51. The molecule has 0 bridgehead atoms. The lowest BCUT2D eigenvalue weighted by molar-refractivity contribution is -0.276. The molecule has 9 nitrogen and oxygen atoms in total. The van der Waals surface area contributed by atoms with Crippen molar-refractivity contribution in [2.24, 2.45) is 16.7 Å². The molecule has 34 heavy (non-hydrogen) atoms. The average molecular weight is 483 g/mol. The highest BCUT2D eigenvalue weighted by molar-refractivity contribution is 5.70. The number of rotatable bonds is 8. The summed E-state index contributed by atoms with van der Waals surface area (Å²) in [7, 11) is 0. The van der Waals surface area contributed by atoms with E-state index in [2.05, 4.69) is 0 Å². The van der Waals surface area contributed by atoms with Crippen LogP contribution in [0.15, 0.2) is 11.6 Å². The Labute approximate surface area is 201 Å². The standard InChI is InChI=1S/C25H38O9/c1-14(2)8-21(29)33-19-10-24(12-31-18(6)28)20(9-15(19)3)34-22(16(4)26)25(13-32-25)23(24,7)11-30-17(5)27/h9,14,16,19-20,22,26H,8,10-13H2,1-7H3/t16-,19+,20-,22-,23-,24-,25+/m1/s1. The Balaban J connectivity index is 2.10. The number of aliphatic hydroxyl groups excluding tert-OH is 1. The maximum atomic E-state index is 12.6. The molecule has 0 amide bonds. The van der Waals surface area contributed by atoms with Crippen LogP contribution < -0.4 is 0 Å². The monoisotopic (exact) mass is 482 g/mol. The summed E-state index contributed by atoms with van der Waals surface area (Å²) in [5, 5.41) is 10.6. The first kappa shape index (κ1) is 26.6. The third kappa shape index (κ3) is 4.62. The quantitative estimate of drug-likeness (QED) is 0.240. The van der Waals surface area contributed by atoms with Crippen LogP contribution in [-0.2, 0) is 38.1 Å². The first-order valence-corrected chi connectivity index (χ1v) is 11.9. The minimum Gasteiger partial charge on any atom is -0.465 e. The van der Waals surface area contributed by atoms with Crippen molar-refractivity contribution < 1.29 is 43.2 Å². The zero-order valence-corrected chi connectivity index (χ0v) is 21.2. The van der Waals surface area contributed by atoms with Crippen LogP contribution >= 0.6 is 0 Å². The SMILES string of the molecule is CC(=O)OC[C@]12C[C@H](OC(=O)CC(C)C)C(C)=C[C@H]1O[C@H]([C@@H](C)O)[C@@]1(CO1)[C@]2(C)COC(C)=O. The number of esters is 3. The minimum atomic E-state index is -0.959. The summed E-state index contributed by atoms with van der Waals surface area (Å²) in [6.07, 6.45) is -0.278. The third-order valence-corrected chi connectivity index (χ3v) is 7.64. The van der Waals surface area contributed by atoms with Gasteiger partial charge >= 0.3 is 17.9 Å². The predicted octanol–water partition coefficient (Wildman–Crippen LogP) is 2.33. The van der Waals surface area contributed by atoms with Gasteiger partial charge in [-0.15, -0.1) is 0 Å². The van der Waals surface area contributed by atoms with Gasteiger partial charge in [0, 0.05) is 37.5 Å². The van der Waals surface area contributed by atoms with Crippen LogP contribution in [-0.4, -0.2) is 72.9 Å². The number of epoxide rings is 1. The Kier molecular flexibility index (Phi) is 7.51. The molecule has 0 aromatic heterocycles. The van der Waals surface area contributed by atoms with E-state index in [1.54, 1.807) is 6.92 Å². The van der Waals surface area contributed by atoms with Gasteiger partial charge < -0.3 is 28.8 Å². The van der Waals surface area contributed by atoms with Crippen molar-refractivity contribution >= 4 is 17.9 Å². The molecule has 9 heteroatoms. The van der Waals surface area contributed by atoms with E-state index < -0.39 is 52.8 Å². The lowest BCUT2D eigenvalue weighted by Gasteiger charge is -2.61. The molecule has 2 aliphatic heterocycles. The van der Waals surface area contributed by atoms with Crippen molar-refractivity contribution in [3.05, 3.63) is 11.6 Å². The first-order chi connectivity index (χ1) is 15.8. The van der Waals surface area contributed by atoms with Crippen molar-refractivity contribution in [1.29, 1.82) is 0 Å². The van der Waals surface area contributed by atoms with E-state index in [0.29, 0.717) is 0 Å². The highest BCUT2D eigenvalue weighted by atomic mass is 16.6. The van der Waals surface area contributed by atoms with Gasteiger partial charge in [0.15, 0.2) is 0 Å². The lowest BCUT2D eigenvalue weighted by Crippen LogP contribution is -2.72. The largest absolute Gasteiger partial charge is 0.465 e. The van der Waals surface area contributed by atoms with Gasteiger partial charge in [0.05, 0.1) is 18.8 Å². The fourth-order valence-electron chi connectivity index (χ4n) is 5.61. The molecule has 0 unspecified atom stereocenters. The van der Waals surface area contributed by atoms with Crippen LogP contribution in [0.25, 0.3) is 0 Å². The molecule has 0 saturated carbocycles. The second-order valence-corrected chi connectivity index (χ2v) is 10.6. The molecule has 0 aromatic carbocycles. The predicted molar refractivity (Wildman–Crippen MR) is 121 cm³/mol. The maximum absolute atomic E-state index is 12.6. The van der Waals surface area contributed by atoms with Gasteiger partial charge in [-0.05, 0) is 25.3 Å². The van der Waals surface area contributed by atoms with Gasteiger partial charge in [-0.3, -0.25) is 14.4 Å². The van der Waals surface area contributed by atoms with Crippen molar-refractivity contribution in [3.8, 4) is 0 Å². The fourth-order valence-corrected chi connectivity index (χ4v) is 5.61. The Hall–Kier alpha value is -1.97. The molecule has 7 atom stereocenters. The van der Waals surface area contributed by atoms with Gasteiger partial charge in [-0.2, -0.15) is 0 Å². The molecule has 1 aliphatic carbocycles. The lowest BCUT2D eigenvalue weighted by atomic mass is 9.49. The normalized spacial score (nSPS) is 37.4. The van der Waals surface area contributed by atoms with Crippen molar-refractivity contribution in [2.75, 3.05) is 19.8 Å². The summed E-state index contributed by atoms with van der Waals surface area (Å²) in [6.45, 7) is 12.2. The summed E-state index contributed by atoms with van der Waals surface area (Å²) >= 11 is 0. The molecule has 1 N–H and O–H groups in total. The van der Waals surface area contributed by atoms with Gasteiger partial charge in [0.25, 0.3) is 0 Å². The number of aliphatic hydroxyl groups is 1. The number of ether oxygens (including phenoxy) is 5.